The zero-order chi connectivity index (χ0) is 22.5. The van der Waals surface area contributed by atoms with Crippen molar-refractivity contribution in [1.29, 1.82) is 0 Å². The maximum Gasteiger partial charge on any atom is 0.416 e. The smallest absolute Gasteiger partial charge is 0.365 e. The van der Waals surface area contributed by atoms with Crippen molar-refractivity contribution in [3.05, 3.63) is 65.9 Å². The van der Waals surface area contributed by atoms with E-state index >= 15 is 0 Å². The van der Waals surface area contributed by atoms with Crippen LogP contribution in [-0.2, 0) is 6.18 Å². The lowest BCUT2D eigenvalue weighted by Crippen LogP contribution is -2.44. The summed E-state index contributed by atoms with van der Waals surface area (Å²) in [4.78, 5) is 13.7. The van der Waals surface area contributed by atoms with E-state index in [1.54, 1.807) is 12.3 Å². The molecule has 0 spiro atoms. The van der Waals surface area contributed by atoms with Gasteiger partial charge in [0, 0.05) is 48.3 Å². The maximum absolute atomic E-state index is 12.8. The molecule has 0 saturated carbocycles. The number of benzene rings is 2. The molecule has 166 valence electrons. The highest BCUT2D eigenvalue weighted by Gasteiger charge is 2.41. The normalized spacial score (nSPS) is 20.7. The molecule has 5 nitrogen and oxygen atoms in total. The molecule has 2 fully saturated rings. The van der Waals surface area contributed by atoms with Crippen LogP contribution in [0.15, 0.2) is 54.7 Å². The Labute approximate surface area is 184 Å². The highest BCUT2D eigenvalue weighted by Crippen LogP contribution is 2.36. The number of aryl methyl sites for hydroxylation is 1. The van der Waals surface area contributed by atoms with Crippen molar-refractivity contribution in [2.75, 3.05) is 30.4 Å². The van der Waals surface area contributed by atoms with Crippen molar-refractivity contribution in [1.82, 2.24) is 14.9 Å². The standard InChI is InChI=1S/C24H24F3N5/c1-15-11-18(7-8-22(15)32-14-19-12-20(32)13-31(19)2)29-23-28-10-9-21(30-23)16-3-5-17(6-4-16)24(25,26)27/h3-11,19-20H,12-14H2,1-2H3,(H,28,29,30). The number of nitrogens with zero attached hydrogens (tertiary/aromatic N) is 4. The summed E-state index contributed by atoms with van der Waals surface area (Å²) < 4.78 is 38.4. The van der Waals surface area contributed by atoms with Gasteiger partial charge in [0.1, 0.15) is 0 Å². The SMILES string of the molecule is Cc1cc(Nc2nccc(-c3ccc(C(F)(F)F)cc3)n2)ccc1N1CC2CC1CN2C. The topological polar surface area (TPSA) is 44.3 Å². The van der Waals surface area contributed by atoms with Crippen LogP contribution in [0.25, 0.3) is 11.3 Å². The van der Waals surface area contributed by atoms with Gasteiger partial charge in [0.15, 0.2) is 0 Å². The summed E-state index contributed by atoms with van der Waals surface area (Å²) in [5.41, 5.74) is 3.80. The fourth-order valence-corrected chi connectivity index (χ4v) is 4.76. The first kappa shape index (κ1) is 20.8. The van der Waals surface area contributed by atoms with Crippen molar-refractivity contribution in [2.24, 2.45) is 0 Å². The van der Waals surface area contributed by atoms with Crippen molar-refractivity contribution >= 4 is 17.3 Å². The van der Waals surface area contributed by atoms with E-state index in [1.807, 2.05) is 6.07 Å². The van der Waals surface area contributed by atoms with Gasteiger partial charge in [0.2, 0.25) is 5.95 Å². The van der Waals surface area contributed by atoms with E-state index in [2.05, 4.69) is 51.2 Å². The lowest BCUT2D eigenvalue weighted by Gasteiger charge is -2.34. The predicted octanol–water partition coefficient (Wildman–Crippen LogP) is 5.11. The lowest BCUT2D eigenvalue weighted by molar-refractivity contribution is -0.137. The Balaban J connectivity index is 1.32. The van der Waals surface area contributed by atoms with Crippen LogP contribution >= 0.6 is 0 Å². The number of nitrogens with one attached hydrogen (secondary N) is 1. The minimum atomic E-state index is -4.36. The zero-order valence-corrected chi connectivity index (χ0v) is 17.9. The monoisotopic (exact) mass is 439 g/mol. The summed E-state index contributed by atoms with van der Waals surface area (Å²) in [6.07, 6.45) is -1.53. The molecule has 0 amide bonds. The van der Waals surface area contributed by atoms with Gasteiger partial charge in [-0.25, -0.2) is 9.97 Å². The summed E-state index contributed by atoms with van der Waals surface area (Å²) in [5.74, 6) is 0.399. The molecule has 2 aliphatic heterocycles. The third-order valence-electron chi connectivity index (χ3n) is 6.44. The van der Waals surface area contributed by atoms with Gasteiger partial charge in [-0.15, -0.1) is 0 Å². The van der Waals surface area contributed by atoms with Gasteiger partial charge < -0.3 is 10.2 Å². The molecule has 2 unspecified atom stereocenters. The van der Waals surface area contributed by atoms with Crippen LogP contribution in [0.4, 0.5) is 30.5 Å². The zero-order valence-electron chi connectivity index (χ0n) is 17.9. The number of rotatable bonds is 4. The Morgan fingerprint density at radius 2 is 1.78 bits per heavy atom. The summed E-state index contributed by atoms with van der Waals surface area (Å²) in [5, 5.41) is 3.22. The number of piperazine rings is 1. The molecule has 1 N–H and O–H groups in total. The first-order valence-electron chi connectivity index (χ1n) is 10.6. The van der Waals surface area contributed by atoms with E-state index in [4.69, 9.17) is 0 Å². The van der Waals surface area contributed by atoms with Gasteiger partial charge in [-0.1, -0.05) is 12.1 Å². The number of fused-ring (bicyclic) bond motifs is 2. The highest BCUT2D eigenvalue weighted by molar-refractivity contribution is 5.66. The second-order valence-corrected chi connectivity index (χ2v) is 8.60. The Kier molecular flexibility index (Phi) is 5.04. The number of alkyl halides is 3. The number of anilines is 3. The van der Waals surface area contributed by atoms with Crippen LogP contribution in [0, 0.1) is 6.92 Å². The number of likely N-dealkylation sites (tertiary alicyclic amines) is 1. The summed E-state index contributed by atoms with van der Waals surface area (Å²) >= 11 is 0. The molecular weight excluding hydrogens is 415 g/mol. The van der Waals surface area contributed by atoms with E-state index < -0.39 is 11.7 Å². The fraction of sp³-hybridized carbons (Fsp3) is 0.333. The number of likely N-dealkylation sites (N-methyl/N-ethyl adjacent to an activating group) is 1. The maximum atomic E-state index is 12.8. The van der Waals surface area contributed by atoms with Gasteiger partial charge in [-0.05, 0) is 62.4 Å². The molecule has 3 aromatic rings. The first-order valence-corrected chi connectivity index (χ1v) is 10.6. The Hall–Kier alpha value is -3.13. The van der Waals surface area contributed by atoms with E-state index in [-0.39, 0.29) is 0 Å². The number of halogens is 3. The van der Waals surface area contributed by atoms with Gasteiger partial charge in [0.05, 0.1) is 11.3 Å². The Bertz CT molecular complexity index is 1130. The summed E-state index contributed by atoms with van der Waals surface area (Å²) in [7, 11) is 2.20. The second-order valence-electron chi connectivity index (χ2n) is 8.60. The number of aromatic nitrogens is 2. The molecule has 2 aromatic carbocycles. The van der Waals surface area contributed by atoms with Crippen LogP contribution in [0.2, 0.25) is 0 Å². The van der Waals surface area contributed by atoms with Gasteiger partial charge >= 0.3 is 6.18 Å². The van der Waals surface area contributed by atoms with E-state index in [0.29, 0.717) is 29.3 Å². The fourth-order valence-electron chi connectivity index (χ4n) is 4.76. The first-order chi connectivity index (χ1) is 15.3. The van der Waals surface area contributed by atoms with E-state index in [0.717, 1.165) is 30.9 Å². The highest BCUT2D eigenvalue weighted by atomic mass is 19.4. The van der Waals surface area contributed by atoms with Crippen molar-refractivity contribution in [3.63, 3.8) is 0 Å². The third kappa shape index (κ3) is 3.90. The number of hydrogen-bond acceptors (Lipinski definition) is 5. The molecular formula is C24H24F3N5. The molecule has 2 aliphatic rings. The minimum absolute atomic E-state index is 0.399. The minimum Gasteiger partial charge on any atom is -0.365 e. The molecule has 0 radical (unpaired) electrons. The molecule has 0 aliphatic carbocycles. The van der Waals surface area contributed by atoms with Crippen LogP contribution in [0.5, 0.6) is 0 Å². The van der Waals surface area contributed by atoms with Crippen LogP contribution in [-0.4, -0.2) is 47.1 Å². The van der Waals surface area contributed by atoms with Gasteiger partial charge in [-0.3, -0.25) is 4.90 Å². The third-order valence-corrected chi connectivity index (χ3v) is 6.44. The largest absolute Gasteiger partial charge is 0.416 e. The van der Waals surface area contributed by atoms with Crippen molar-refractivity contribution < 1.29 is 13.2 Å². The Morgan fingerprint density at radius 1 is 1.00 bits per heavy atom. The molecule has 5 rings (SSSR count). The molecule has 2 bridgehead atoms. The predicted molar refractivity (Wildman–Crippen MR) is 119 cm³/mol. The lowest BCUT2D eigenvalue weighted by atomic mass is 10.1. The summed E-state index contributed by atoms with van der Waals surface area (Å²) in [6, 6.07) is 14.1. The Morgan fingerprint density at radius 3 is 2.41 bits per heavy atom. The molecule has 32 heavy (non-hydrogen) atoms. The van der Waals surface area contributed by atoms with Crippen LogP contribution in [0.1, 0.15) is 17.5 Å². The average molecular weight is 439 g/mol. The number of hydrogen-bond donors (Lipinski definition) is 1. The second kappa shape index (κ2) is 7.78. The van der Waals surface area contributed by atoms with Crippen molar-refractivity contribution in [2.45, 2.75) is 31.6 Å². The quantitative estimate of drug-likeness (QED) is 0.612. The molecule has 1 aromatic heterocycles. The van der Waals surface area contributed by atoms with E-state index in [1.165, 1.54) is 29.8 Å². The van der Waals surface area contributed by atoms with Gasteiger partial charge in [-0.2, -0.15) is 13.2 Å². The van der Waals surface area contributed by atoms with Gasteiger partial charge in [0.25, 0.3) is 0 Å². The molecule has 2 atom stereocenters. The molecule has 3 heterocycles. The molecule has 8 heteroatoms. The van der Waals surface area contributed by atoms with Crippen LogP contribution < -0.4 is 10.2 Å². The summed E-state index contributed by atoms with van der Waals surface area (Å²) in [6.45, 7) is 4.28. The van der Waals surface area contributed by atoms with Crippen molar-refractivity contribution in [3.8, 4) is 11.3 Å². The molecule has 2 saturated heterocycles. The van der Waals surface area contributed by atoms with E-state index in [9.17, 15) is 13.2 Å². The average Bonchev–Trinajstić information content (AvgIpc) is 3.33. The van der Waals surface area contributed by atoms with Crippen LogP contribution in [0.3, 0.4) is 0 Å².